The van der Waals surface area contributed by atoms with Crippen molar-refractivity contribution < 1.29 is 9.53 Å². The topological polar surface area (TPSA) is 88.9 Å². The summed E-state index contributed by atoms with van der Waals surface area (Å²) in [6, 6.07) is 20.0. The van der Waals surface area contributed by atoms with Gasteiger partial charge >= 0.3 is 0 Å². The predicted octanol–water partition coefficient (Wildman–Crippen LogP) is 5.58. The van der Waals surface area contributed by atoms with E-state index in [1.165, 1.54) is 11.3 Å². The zero-order valence-electron chi connectivity index (χ0n) is 29.5. The molecule has 0 atom stereocenters. The van der Waals surface area contributed by atoms with E-state index in [1.54, 1.807) is 6.33 Å². The van der Waals surface area contributed by atoms with Crippen molar-refractivity contribution >= 4 is 17.4 Å². The Morgan fingerprint density at radius 1 is 0.896 bits per heavy atom. The van der Waals surface area contributed by atoms with Gasteiger partial charge in [-0.25, -0.2) is 9.97 Å². The van der Waals surface area contributed by atoms with Gasteiger partial charge in [-0.05, 0) is 83.6 Å². The van der Waals surface area contributed by atoms with E-state index in [-0.39, 0.29) is 11.4 Å². The number of carbonyl (C=O) groups is 1. The van der Waals surface area contributed by atoms with Crippen LogP contribution in [0.2, 0.25) is 0 Å². The first-order valence-corrected chi connectivity index (χ1v) is 17.7. The number of carbonyl (C=O) groups excluding carboxylic acids is 1. The Morgan fingerprint density at radius 2 is 1.50 bits per heavy atom. The second-order valence-corrected chi connectivity index (χ2v) is 14.7. The lowest BCUT2D eigenvalue weighted by Gasteiger charge is -2.51. The van der Waals surface area contributed by atoms with E-state index in [1.807, 2.05) is 32.6 Å². The Bertz CT molecular complexity index is 1530. The molecule has 0 radical (unpaired) electrons. The number of aryl methyl sites for hydroxylation is 2. The van der Waals surface area contributed by atoms with E-state index in [9.17, 15) is 4.79 Å². The third-order valence-electron chi connectivity index (χ3n) is 11.2. The highest BCUT2D eigenvalue weighted by Crippen LogP contribution is 2.35. The lowest BCUT2D eigenvalue weighted by atomic mass is 9.82. The molecular weight excluding hydrogens is 598 g/mol. The van der Waals surface area contributed by atoms with Crippen molar-refractivity contribution in [2.24, 2.45) is 0 Å². The van der Waals surface area contributed by atoms with Crippen LogP contribution in [0.5, 0.6) is 0 Å². The fourth-order valence-corrected chi connectivity index (χ4v) is 7.91. The Labute approximate surface area is 286 Å². The number of aromatic nitrogens is 2. The van der Waals surface area contributed by atoms with Crippen LogP contribution < -0.4 is 4.90 Å². The van der Waals surface area contributed by atoms with Gasteiger partial charge in [-0.2, -0.15) is 0 Å². The first-order chi connectivity index (χ1) is 23.1. The highest BCUT2D eigenvalue weighted by molar-refractivity contribution is 5.98. The smallest absolute Gasteiger partial charge is 0.232 e. The summed E-state index contributed by atoms with van der Waals surface area (Å²) in [7, 11) is 0. The molecule has 9 nitrogen and oxygen atoms in total. The Kier molecular flexibility index (Phi) is 10.2. The van der Waals surface area contributed by atoms with Crippen LogP contribution in [0, 0.1) is 19.3 Å². The quantitative estimate of drug-likeness (QED) is 0.251. The minimum atomic E-state index is -0.596. The van der Waals surface area contributed by atoms with Crippen molar-refractivity contribution in [3.05, 3.63) is 89.0 Å². The van der Waals surface area contributed by atoms with E-state index in [0.29, 0.717) is 38.2 Å². The predicted molar refractivity (Wildman–Crippen MR) is 192 cm³/mol. The van der Waals surface area contributed by atoms with Gasteiger partial charge in [0.1, 0.15) is 12.2 Å². The number of piperidine rings is 2. The average molecular weight is 652 g/mol. The summed E-state index contributed by atoms with van der Waals surface area (Å²) in [5.74, 6) is 0.727. The summed E-state index contributed by atoms with van der Waals surface area (Å²) in [6.07, 6.45) is 5.87. The van der Waals surface area contributed by atoms with Crippen LogP contribution in [0.25, 0.3) is 0 Å². The number of hydrogen-bond acceptors (Lipinski definition) is 7. The standard InChI is InChI=1S/C39H53N7O2/c1-29-35(30(2)42-28-41-29)36(40)43-21-17-39(5,18-22-43)45-19-15-34(16-20-45)46(27-31-9-7-6-8-10-31)33-13-11-32(12-14-33)38(3,4)37(47)44-23-25-48-26-24-44/h6-14,28,34,40H,15-27H2,1-5H3. The summed E-state index contributed by atoms with van der Waals surface area (Å²) in [4.78, 5) is 31.7. The van der Waals surface area contributed by atoms with Crippen molar-refractivity contribution in [1.29, 1.82) is 5.41 Å². The van der Waals surface area contributed by atoms with Crippen LogP contribution >= 0.6 is 0 Å². The van der Waals surface area contributed by atoms with E-state index in [2.05, 4.69) is 86.2 Å². The molecule has 0 bridgehead atoms. The van der Waals surface area contributed by atoms with E-state index in [0.717, 1.165) is 80.9 Å². The minimum Gasteiger partial charge on any atom is -0.378 e. The molecule has 48 heavy (non-hydrogen) atoms. The first-order valence-electron chi connectivity index (χ1n) is 17.7. The number of amidine groups is 1. The largest absolute Gasteiger partial charge is 0.378 e. The Morgan fingerprint density at radius 3 is 2.10 bits per heavy atom. The van der Waals surface area contributed by atoms with E-state index < -0.39 is 5.41 Å². The van der Waals surface area contributed by atoms with Crippen molar-refractivity contribution in [3.8, 4) is 0 Å². The molecule has 1 amide bonds. The van der Waals surface area contributed by atoms with Gasteiger partial charge in [-0.15, -0.1) is 0 Å². The van der Waals surface area contributed by atoms with Crippen molar-refractivity contribution in [3.63, 3.8) is 0 Å². The van der Waals surface area contributed by atoms with Gasteiger partial charge in [-0.1, -0.05) is 42.5 Å². The molecule has 3 aliphatic rings. The number of likely N-dealkylation sites (tertiary alicyclic amines) is 2. The summed E-state index contributed by atoms with van der Waals surface area (Å²) in [5.41, 5.74) is 5.73. The van der Waals surface area contributed by atoms with Crippen LogP contribution in [-0.2, 0) is 21.5 Å². The molecule has 0 spiro atoms. The lowest BCUT2D eigenvalue weighted by Crippen LogP contribution is -2.58. The number of rotatable bonds is 8. The van der Waals surface area contributed by atoms with Crippen molar-refractivity contribution in [2.45, 2.75) is 83.8 Å². The average Bonchev–Trinajstić information content (AvgIpc) is 3.11. The van der Waals surface area contributed by atoms with Crippen molar-refractivity contribution in [2.75, 3.05) is 57.4 Å². The lowest BCUT2D eigenvalue weighted by molar-refractivity contribution is -0.140. The van der Waals surface area contributed by atoms with Gasteiger partial charge < -0.3 is 19.4 Å². The second-order valence-electron chi connectivity index (χ2n) is 14.7. The van der Waals surface area contributed by atoms with Crippen molar-refractivity contribution in [1.82, 2.24) is 24.7 Å². The van der Waals surface area contributed by atoms with Crippen LogP contribution in [0.15, 0.2) is 60.9 Å². The van der Waals surface area contributed by atoms with Crippen LogP contribution in [0.1, 0.15) is 74.5 Å². The summed E-state index contributed by atoms with van der Waals surface area (Å²) in [5, 5.41) is 8.95. The molecule has 6 rings (SSSR count). The molecule has 0 saturated carbocycles. The van der Waals surface area contributed by atoms with Gasteiger partial charge in [0.2, 0.25) is 5.91 Å². The Balaban J connectivity index is 1.12. The maximum atomic E-state index is 13.5. The van der Waals surface area contributed by atoms with Gasteiger partial charge in [0.25, 0.3) is 0 Å². The molecule has 2 aromatic carbocycles. The molecule has 3 fully saturated rings. The molecule has 256 valence electrons. The molecule has 3 saturated heterocycles. The van der Waals surface area contributed by atoms with Gasteiger partial charge in [0.05, 0.1) is 35.6 Å². The van der Waals surface area contributed by atoms with Crippen LogP contribution in [-0.4, -0.2) is 100 Å². The zero-order valence-corrected chi connectivity index (χ0v) is 29.5. The minimum absolute atomic E-state index is 0.129. The number of nitrogens with one attached hydrogen (secondary N) is 1. The second kappa shape index (κ2) is 14.3. The van der Waals surface area contributed by atoms with Gasteiger partial charge in [0, 0.05) is 63.1 Å². The molecule has 1 N–H and O–H groups in total. The molecule has 3 aromatic rings. The monoisotopic (exact) mass is 651 g/mol. The summed E-state index contributed by atoms with van der Waals surface area (Å²) in [6.45, 7) is 17.7. The molecule has 0 aliphatic carbocycles. The zero-order chi connectivity index (χ0) is 33.9. The number of amides is 1. The molecule has 1 aromatic heterocycles. The van der Waals surface area contributed by atoms with Gasteiger partial charge in [0.15, 0.2) is 0 Å². The molecule has 0 unspecified atom stereocenters. The molecule has 4 heterocycles. The third kappa shape index (κ3) is 7.13. The number of anilines is 1. The fraction of sp³-hybridized carbons (Fsp3) is 0.538. The summed E-state index contributed by atoms with van der Waals surface area (Å²) < 4.78 is 5.48. The number of benzene rings is 2. The molecular formula is C39H53N7O2. The van der Waals surface area contributed by atoms with E-state index >= 15 is 0 Å². The summed E-state index contributed by atoms with van der Waals surface area (Å²) >= 11 is 0. The maximum absolute atomic E-state index is 13.5. The third-order valence-corrected chi connectivity index (χ3v) is 11.2. The van der Waals surface area contributed by atoms with Crippen LogP contribution in [0.4, 0.5) is 5.69 Å². The Hall–Kier alpha value is -3.82. The normalized spacial score (nSPS) is 19.3. The highest BCUT2D eigenvalue weighted by atomic mass is 16.5. The number of nitrogens with zero attached hydrogens (tertiary/aromatic N) is 6. The molecule has 3 aliphatic heterocycles. The fourth-order valence-electron chi connectivity index (χ4n) is 7.91. The maximum Gasteiger partial charge on any atom is 0.232 e. The number of morpholine rings is 1. The highest BCUT2D eigenvalue weighted by Gasteiger charge is 2.40. The molecule has 9 heteroatoms. The van der Waals surface area contributed by atoms with Crippen LogP contribution in [0.3, 0.4) is 0 Å². The number of hydrogen-bond donors (Lipinski definition) is 1. The number of ether oxygens (including phenoxy) is 1. The van der Waals surface area contributed by atoms with E-state index in [4.69, 9.17) is 10.1 Å². The SMILES string of the molecule is Cc1ncnc(C)c1C(=N)N1CCC(C)(N2CCC(N(Cc3ccccc3)c3ccc(C(C)(C)C(=O)N4CCOCC4)cc3)CC2)CC1. The van der Waals surface area contributed by atoms with Gasteiger partial charge in [-0.3, -0.25) is 15.1 Å². The first kappa shape index (κ1) is 34.1.